The van der Waals surface area contributed by atoms with Crippen LogP contribution in [0.25, 0.3) is 11.1 Å². The van der Waals surface area contributed by atoms with Crippen molar-refractivity contribution in [2.24, 2.45) is 0 Å². The first-order valence-corrected chi connectivity index (χ1v) is 9.07. The number of ether oxygens (including phenoxy) is 3. The number of esters is 3. The zero-order valence-corrected chi connectivity index (χ0v) is 17.0. The maximum atomic E-state index is 14.4. The van der Waals surface area contributed by atoms with Gasteiger partial charge in [0.25, 0.3) is 0 Å². The molecule has 0 aromatic heterocycles. The van der Waals surface area contributed by atoms with Crippen LogP contribution in [-0.2, 0) is 19.1 Å². The van der Waals surface area contributed by atoms with Crippen LogP contribution in [0.1, 0.15) is 24.2 Å². The van der Waals surface area contributed by atoms with Crippen LogP contribution in [0, 0.1) is 11.6 Å². The van der Waals surface area contributed by atoms with E-state index in [2.05, 4.69) is 13.2 Å². The summed E-state index contributed by atoms with van der Waals surface area (Å²) in [6, 6.07) is 7.40. The van der Waals surface area contributed by atoms with E-state index in [1.165, 1.54) is 38.1 Å². The quantitative estimate of drug-likeness (QED) is 0.268. The van der Waals surface area contributed by atoms with E-state index in [0.717, 1.165) is 12.1 Å². The Balaban J connectivity index is 2.06. The summed E-state index contributed by atoms with van der Waals surface area (Å²) in [5.41, 5.74) is 0.579. The molecule has 0 saturated carbocycles. The number of hydrogen-bond donors (Lipinski definition) is 0. The van der Waals surface area contributed by atoms with Crippen LogP contribution < -0.4 is 4.74 Å². The minimum atomic E-state index is -0.941. The van der Waals surface area contributed by atoms with Crippen molar-refractivity contribution in [1.82, 2.24) is 0 Å². The lowest BCUT2D eigenvalue weighted by molar-refractivity contribution is -0.140. The zero-order valence-electron chi connectivity index (χ0n) is 17.0. The first-order chi connectivity index (χ1) is 14.6. The van der Waals surface area contributed by atoms with Crippen LogP contribution in [0.3, 0.4) is 0 Å². The Morgan fingerprint density at radius 3 is 1.90 bits per heavy atom. The van der Waals surface area contributed by atoms with Crippen molar-refractivity contribution in [1.29, 1.82) is 0 Å². The standard InChI is InChI=1S/C23H20F2O6/c1-13(2)21(26)29-9-10-30-23(28)17-7-5-15(11-18(17)24)16-6-8-20(19(25)12-16)31-22(27)14(3)4/h5-8,11-12H,1,3,9-10H2,2,4H3. The van der Waals surface area contributed by atoms with Crippen molar-refractivity contribution in [2.75, 3.05) is 13.2 Å². The molecule has 0 spiro atoms. The van der Waals surface area contributed by atoms with Gasteiger partial charge in [-0.1, -0.05) is 25.3 Å². The van der Waals surface area contributed by atoms with Crippen molar-refractivity contribution in [3.05, 3.63) is 77.9 Å². The monoisotopic (exact) mass is 430 g/mol. The lowest BCUT2D eigenvalue weighted by atomic mass is 10.0. The van der Waals surface area contributed by atoms with Gasteiger partial charge < -0.3 is 14.2 Å². The van der Waals surface area contributed by atoms with E-state index in [1.807, 2.05) is 0 Å². The molecule has 0 radical (unpaired) electrons. The second-order valence-corrected chi connectivity index (χ2v) is 6.56. The van der Waals surface area contributed by atoms with E-state index in [1.54, 1.807) is 0 Å². The molecule has 0 amide bonds. The summed E-state index contributed by atoms with van der Waals surface area (Å²) in [5.74, 6) is -4.32. The first kappa shape index (κ1) is 23.5. The highest BCUT2D eigenvalue weighted by Crippen LogP contribution is 2.27. The van der Waals surface area contributed by atoms with E-state index in [-0.39, 0.29) is 35.7 Å². The predicted octanol–water partition coefficient (Wildman–Crippen LogP) is 4.39. The van der Waals surface area contributed by atoms with Gasteiger partial charge in [0.1, 0.15) is 19.0 Å². The van der Waals surface area contributed by atoms with Gasteiger partial charge in [0.15, 0.2) is 11.6 Å². The van der Waals surface area contributed by atoms with Crippen molar-refractivity contribution in [3.8, 4) is 16.9 Å². The van der Waals surface area contributed by atoms with Crippen LogP contribution >= 0.6 is 0 Å². The molecule has 0 aliphatic carbocycles. The molecule has 8 heteroatoms. The largest absolute Gasteiger partial charge is 0.459 e. The summed E-state index contributed by atoms with van der Waals surface area (Å²) < 4.78 is 43.1. The molecule has 0 saturated heterocycles. The fourth-order valence-electron chi connectivity index (χ4n) is 2.28. The number of carbonyl (C=O) groups excluding carboxylic acids is 3. The average Bonchev–Trinajstić information content (AvgIpc) is 2.71. The van der Waals surface area contributed by atoms with Crippen molar-refractivity contribution in [2.45, 2.75) is 13.8 Å². The third-order valence-corrected chi connectivity index (χ3v) is 3.90. The summed E-state index contributed by atoms with van der Waals surface area (Å²) in [4.78, 5) is 34.8. The highest BCUT2D eigenvalue weighted by atomic mass is 19.1. The van der Waals surface area contributed by atoms with Gasteiger partial charge in [-0.2, -0.15) is 0 Å². The maximum Gasteiger partial charge on any atom is 0.341 e. The van der Waals surface area contributed by atoms with Gasteiger partial charge in [-0.3, -0.25) is 0 Å². The lowest BCUT2D eigenvalue weighted by Gasteiger charge is -2.09. The number of halogens is 2. The van der Waals surface area contributed by atoms with Crippen LogP contribution in [0.5, 0.6) is 5.75 Å². The summed E-state index contributed by atoms with van der Waals surface area (Å²) >= 11 is 0. The van der Waals surface area contributed by atoms with Gasteiger partial charge in [-0.05, 0) is 49.2 Å². The number of rotatable bonds is 8. The molecular formula is C23H20F2O6. The second-order valence-electron chi connectivity index (χ2n) is 6.56. The van der Waals surface area contributed by atoms with E-state index in [9.17, 15) is 23.2 Å². The number of benzene rings is 2. The molecule has 162 valence electrons. The highest BCUT2D eigenvalue weighted by Gasteiger charge is 2.16. The zero-order chi connectivity index (χ0) is 23.1. The number of hydrogen-bond acceptors (Lipinski definition) is 6. The molecule has 0 unspecified atom stereocenters. The molecule has 2 aromatic carbocycles. The van der Waals surface area contributed by atoms with Crippen molar-refractivity contribution >= 4 is 17.9 Å². The van der Waals surface area contributed by atoms with Crippen LogP contribution in [0.2, 0.25) is 0 Å². The van der Waals surface area contributed by atoms with E-state index in [0.29, 0.717) is 11.1 Å². The summed E-state index contributed by atoms with van der Waals surface area (Å²) in [6.07, 6.45) is 0. The molecule has 0 N–H and O–H groups in total. The summed E-state index contributed by atoms with van der Waals surface area (Å²) in [5, 5.41) is 0. The first-order valence-electron chi connectivity index (χ1n) is 9.07. The van der Waals surface area contributed by atoms with Crippen LogP contribution in [0.4, 0.5) is 8.78 Å². The SMILES string of the molecule is C=C(C)C(=O)OCCOC(=O)c1ccc(-c2ccc(OC(=O)C(=C)C)c(F)c2)cc1F. The van der Waals surface area contributed by atoms with Gasteiger partial charge in [-0.25, -0.2) is 23.2 Å². The Labute approximate surface area is 177 Å². The third-order valence-electron chi connectivity index (χ3n) is 3.90. The Morgan fingerprint density at radius 2 is 1.35 bits per heavy atom. The van der Waals surface area contributed by atoms with Crippen LogP contribution in [0.15, 0.2) is 60.7 Å². The highest BCUT2D eigenvalue weighted by molar-refractivity contribution is 5.91. The summed E-state index contributed by atoms with van der Waals surface area (Å²) in [7, 11) is 0. The molecular weight excluding hydrogens is 410 g/mol. The van der Waals surface area contributed by atoms with Gasteiger partial charge in [0.2, 0.25) is 0 Å². The van der Waals surface area contributed by atoms with Gasteiger partial charge in [0.05, 0.1) is 5.56 Å². The Morgan fingerprint density at radius 1 is 0.806 bits per heavy atom. The van der Waals surface area contributed by atoms with Crippen molar-refractivity contribution in [3.63, 3.8) is 0 Å². The molecule has 31 heavy (non-hydrogen) atoms. The molecule has 0 aliphatic heterocycles. The van der Waals surface area contributed by atoms with Gasteiger partial charge in [-0.15, -0.1) is 0 Å². The van der Waals surface area contributed by atoms with Gasteiger partial charge in [0, 0.05) is 11.1 Å². The molecule has 6 nitrogen and oxygen atoms in total. The third kappa shape index (κ3) is 6.33. The molecule has 2 aromatic rings. The predicted molar refractivity (Wildman–Crippen MR) is 108 cm³/mol. The normalized spacial score (nSPS) is 10.2. The van der Waals surface area contributed by atoms with Crippen molar-refractivity contribution < 1.29 is 37.4 Å². The van der Waals surface area contributed by atoms with E-state index >= 15 is 0 Å². The fourth-order valence-corrected chi connectivity index (χ4v) is 2.28. The minimum Gasteiger partial charge on any atom is -0.459 e. The molecule has 0 atom stereocenters. The molecule has 0 heterocycles. The fraction of sp³-hybridized carbons (Fsp3) is 0.174. The molecule has 2 rings (SSSR count). The molecule has 0 fully saturated rings. The second kappa shape index (κ2) is 10.3. The Hall–Kier alpha value is -3.81. The van der Waals surface area contributed by atoms with Gasteiger partial charge >= 0.3 is 17.9 Å². The van der Waals surface area contributed by atoms with Crippen LogP contribution in [-0.4, -0.2) is 31.1 Å². The lowest BCUT2D eigenvalue weighted by Crippen LogP contribution is -2.15. The van der Waals surface area contributed by atoms with E-state index < -0.39 is 29.5 Å². The minimum absolute atomic E-state index is 0.113. The molecule has 0 bridgehead atoms. The topological polar surface area (TPSA) is 78.9 Å². The summed E-state index contributed by atoms with van der Waals surface area (Å²) in [6.45, 7) is 9.27. The smallest absolute Gasteiger partial charge is 0.341 e. The Kier molecular flexibility index (Phi) is 7.79. The maximum absolute atomic E-state index is 14.4. The van der Waals surface area contributed by atoms with E-state index in [4.69, 9.17) is 14.2 Å². The average molecular weight is 430 g/mol. The number of carbonyl (C=O) groups is 3. The Bertz CT molecular complexity index is 1060. The molecule has 0 aliphatic rings.